The fourth-order valence-electron chi connectivity index (χ4n) is 3.59. The summed E-state index contributed by atoms with van der Waals surface area (Å²) in [7, 11) is 0. The lowest BCUT2D eigenvalue weighted by atomic mass is 9.95. The van der Waals surface area contributed by atoms with Crippen molar-refractivity contribution in [3.63, 3.8) is 0 Å². The van der Waals surface area contributed by atoms with Crippen molar-refractivity contribution in [2.24, 2.45) is 11.8 Å². The Balaban J connectivity index is 1.49. The molecule has 1 N–H and O–H groups in total. The number of pyridine rings is 1. The first-order valence-electron chi connectivity index (χ1n) is 8.93. The van der Waals surface area contributed by atoms with Crippen molar-refractivity contribution >= 4 is 5.91 Å². The third-order valence-electron chi connectivity index (χ3n) is 5.31. The first kappa shape index (κ1) is 16.0. The van der Waals surface area contributed by atoms with E-state index in [0.29, 0.717) is 29.0 Å². The third-order valence-corrected chi connectivity index (χ3v) is 5.31. The molecule has 25 heavy (non-hydrogen) atoms. The molecule has 0 bridgehead atoms. The maximum Gasteiger partial charge on any atom is 0.251 e. The molecule has 130 valence electrons. The molecule has 0 aromatic carbocycles. The summed E-state index contributed by atoms with van der Waals surface area (Å²) in [5.41, 5.74) is 1.14. The largest absolute Gasteiger partial charge is 0.342 e. The minimum Gasteiger partial charge on any atom is -0.342 e. The molecule has 1 aliphatic carbocycles. The second kappa shape index (κ2) is 6.43. The van der Waals surface area contributed by atoms with Crippen LogP contribution in [0.4, 0.5) is 0 Å². The van der Waals surface area contributed by atoms with Gasteiger partial charge in [0.1, 0.15) is 5.82 Å². The molecule has 2 aliphatic rings. The summed E-state index contributed by atoms with van der Waals surface area (Å²) in [4.78, 5) is 38.2. The molecular weight excluding hydrogens is 316 g/mol. The van der Waals surface area contributed by atoms with Gasteiger partial charge in [-0.1, -0.05) is 13.0 Å². The van der Waals surface area contributed by atoms with E-state index in [4.69, 9.17) is 0 Å². The predicted molar refractivity (Wildman–Crippen MR) is 93.9 cm³/mol. The number of amides is 1. The van der Waals surface area contributed by atoms with Gasteiger partial charge >= 0.3 is 0 Å². The second-order valence-corrected chi connectivity index (χ2v) is 7.15. The highest BCUT2D eigenvalue weighted by Crippen LogP contribution is 2.40. The predicted octanol–water partition coefficient (Wildman–Crippen LogP) is 2.19. The molecule has 0 radical (unpaired) electrons. The van der Waals surface area contributed by atoms with Crippen LogP contribution in [0, 0.1) is 11.8 Å². The summed E-state index contributed by atoms with van der Waals surface area (Å²) in [6, 6.07) is 7.06. The number of carbonyl (C=O) groups is 1. The van der Waals surface area contributed by atoms with Crippen LogP contribution in [-0.2, 0) is 4.79 Å². The second-order valence-electron chi connectivity index (χ2n) is 7.15. The van der Waals surface area contributed by atoms with Crippen molar-refractivity contribution in [1.29, 1.82) is 0 Å². The van der Waals surface area contributed by atoms with Crippen LogP contribution in [0.25, 0.3) is 11.4 Å². The molecule has 2 fully saturated rings. The Morgan fingerprint density at radius 1 is 1.24 bits per heavy atom. The number of piperidine rings is 1. The Labute approximate surface area is 146 Å². The number of nitrogens with zero attached hydrogens (tertiary/aromatic N) is 3. The van der Waals surface area contributed by atoms with E-state index in [1.807, 2.05) is 23.1 Å². The lowest BCUT2D eigenvalue weighted by Gasteiger charge is -2.31. The van der Waals surface area contributed by atoms with Crippen LogP contribution in [0.1, 0.15) is 37.9 Å². The van der Waals surface area contributed by atoms with E-state index in [0.717, 1.165) is 32.4 Å². The summed E-state index contributed by atoms with van der Waals surface area (Å²) < 4.78 is 0. The van der Waals surface area contributed by atoms with Gasteiger partial charge in [0.2, 0.25) is 5.91 Å². The highest BCUT2D eigenvalue weighted by Gasteiger charge is 2.42. The van der Waals surface area contributed by atoms with Gasteiger partial charge in [-0.15, -0.1) is 0 Å². The number of aromatic amines is 1. The average Bonchev–Trinajstić information content (AvgIpc) is 3.38. The Kier molecular flexibility index (Phi) is 4.11. The molecule has 1 aliphatic heterocycles. The van der Waals surface area contributed by atoms with E-state index in [1.165, 1.54) is 6.07 Å². The van der Waals surface area contributed by atoms with Crippen molar-refractivity contribution in [3.8, 4) is 11.4 Å². The highest BCUT2D eigenvalue weighted by molar-refractivity contribution is 5.81. The lowest BCUT2D eigenvalue weighted by Crippen LogP contribution is -2.39. The van der Waals surface area contributed by atoms with E-state index in [-0.39, 0.29) is 17.4 Å². The van der Waals surface area contributed by atoms with Crippen LogP contribution in [0.15, 0.2) is 35.3 Å². The highest BCUT2D eigenvalue weighted by atomic mass is 16.2. The van der Waals surface area contributed by atoms with Gasteiger partial charge in [-0.25, -0.2) is 4.98 Å². The number of likely N-dealkylation sites (tertiary alicyclic amines) is 1. The molecule has 6 nitrogen and oxygen atoms in total. The van der Waals surface area contributed by atoms with Crippen LogP contribution in [-0.4, -0.2) is 38.8 Å². The van der Waals surface area contributed by atoms with Crippen LogP contribution in [0.5, 0.6) is 0 Å². The monoisotopic (exact) mass is 338 g/mol. The maximum atomic E-state index is 12.4. The summed E-state index contributed by atoms with van der Waals surface area (Å²) in [6.45, 7) is 3.61. The van der Waals surface area contributed by atoms with Crippen LogP contribution >= 0.6 is 0 Å². The summed E-state index contributed by atoms with van der Waals surface area (Å²) in [5.74, 6) is 1.96. The molecule has 0 spiro atoms. The molecule has 1 saturated heterocycles. The van der Waals surface area contributed by atoms with Gasteiger partial charge in [0.05, 0.1) is 11.4 Å². The maximum absolute atomic E-state index is 12.4. The standard InChI is InChI=1S/C19H22N4O2/c1-12-10-14(12)19(25)23-8-5-13(6-9-23)18-21-16(11-17(24)22-18)15-4-2-3-7-20-15/h2-4,7,11-14H,5-6,8-10H2,1H3,(H,21,22,24)/t12-,14+/m0/s1. The molecule has 2 aromatic heterocycles. The Hall–Kier alpha value is -2.50. The fraction of sp³-hybridized carbons (Fsp3) is 0.474. The van der Waals surface area contributed by atoms with E-state index in [9.17, 15) is 9.59 Å². The van der Waals surface area contributed by atoms with Gasteiger partial charge in [0.15, 0.2) is 0 Å². The van der Waals surface area contributed by atoms with Crippen molar-refractivity contribution in [3.05, 3.63) is 46.6 Å². The van der Waals surface area contributed by atoms with Gasteiger partial charge in [-0.2, -0.15) is 0 Å². The van der Waals surface area contributed by atoms with Gasteiger partial charge < -0.3 is 9.88 Å². The number of carbonyl (C=O) groups excluding carboxylic acids is 1. The first-order valence-corrected chi connectivity index (χ1v) is 8.93. The molecule has 1 saturated carbocycles. The minimum atomic E-state index is -0.157. The fourth-order valence-corrected chi connectivity index (χ4v) is 3.59. The minimum absolute atomic E-state index is 0.157. The first-order chi connectivity index (χ1) is 12.1. The smallest absolute Gasteiger partial charge is 0.251 e. The zero-order valence-corrected chi connectivity index (χ0v) is 14.3. The van der Waals surface area contributed by atoms with Gasteiger partial charge in [-0.05, 0) is 37.3 Å². The summed E-state index contributed by atoms with van der Waals surface area (Å²) >= 11 is 0. The number of aromatic nitrogens is 3. The van der Waals surface area contributed by atoms with E-state index in [2.05, 4.69) is 21.9 Å². The Morgan fingerprint density at radius 3 is 2.64 bits per heavy atom. The van der Waals surface area contributed by atoms with Crippen LogP contribution < -0.4 is 5.56 Å². The molecular formula is C19H22N4O2. The topological polar surface area (TPSA) is 79.0 Å². The summed E-state index contributed by atoms with van der Waals surface area (Å²) in [6.07, 6.45) is 4.39. The molecule has 2 atom stereocenters. The Morgan fingerprint density at radius 2 is 2.00 bits per heavy atom. The number of rotatable bonds is 3. The van der Waals surface area contributed by atoms with Gasteiger partial charge in [0, 0.05) is 37.2 Å². The van der Waals surface area contributed by atoms with Gasteiger partial charge in [0.25, 0.3) is 5.56 Å². The number of nitrogens with one attached hydrogen (secondary N) is 1. The normalized spacial score (nSPS) is 23.5. The van der Waals surface area contributed by atoms with E-state index in [1.54, 1.807) is 6.20 Å². The average molecular weight is 338 g/mol. The number of hydrogen-bond donors (Lipinski definition) is 1. The number of H-pyrrole nitrogens is 1. The van der Waals surface area contributed by atoms with Crippen molar-refractivity contribution in [2.75, 3.05) is 13.1 Å². The van der Waals surface area contributed by atoms with E-state index >= 15 is 0 Å². The third kappa shape index (κ3) is 3.34. The zero-order chi connectivity index (χ0) is 17.4. The SMILES string of the molecule is C[C@H]1C[C@H]1C(=O)N1CCC(c2nc(-c3ccccn3)cc(=O)[nH]2)CC1. The van der Waals surface area contributed by atoms with Crippen LogP contribution in [0.2, 0.25) is 0 Å². The molecule has 2 aromatic rings. The lowest BCUT2D eigenvalue weighted by molar-refractivity contribution is -0.133. The van der Waals surface area contributed by atoms with Gasteiger partial charge in [-0.3, -0.25) is 14.6 Å². The molecule has 6 heteroatoms. The van der Waals surface area contributed by atoms with E-state index < -0.39 is 0 Å². The molecule has 4 rings (SSSR count). The van der Waals surface area contributed by atoms with Crippen molar-refractivity contribution < 1.29 is 4.79 Å². The van der Waals surface area contributed by atoms with Crippen molar-refractivity contribution in [1.82, 2.24) is 19.9 Å². The Bertz CT molecular complexity index is 825. The zero-order valence-electron chi connectivity index (χ0n) is 14.3. The molecule has 0 unspecified atom stereocenters. The quantitative estimate of drug-likeness (QED) is 0.930. The van der Waals surface area contributed by atoms with Crippen molar-refractivity contribution in [2.45, 2.75) is 32.1 Å². The summed E-state index contributed by atoms with van der Waals surface area (Å²) in [5, 5.41) is 0. The molecule has 3 heterocycles. The number of hydrogen-bond acceptors (Lipinski definition) is 4. The van der Waals surface area contributed by atoms with Crippen LogP contribution in [0.3, 0.4) is 0 Å². The molecule has 1 amide bonds.